The number of nitrogen functional groups attached to an aromatic ring is 1. The summed E-state index contributed by atoms with van der Waals surface area (Å²) in [7, 11) is 0. The van der Waals surface area contributed by atoms with Crippen LogP contribution in [0.1, 0.15) is 11.7 Å². The van der Waals surface area contributed by atoms with Crippen molar-refractivity contribution in [1.29, 1.82) is 0 Å². The highest BCUT2D eigenvalue weighted by Crippen LogP contribution is 2.11. The van der Waals surface area contributed by atoms with Crippen molar-refractivity contribution in [3.63, 3.8) is 0 Å². The number of aryl methyl sites for hydroxylation is 1. The van der Waals surface area contributed by atoms with E-state index in [1.165, 1.54) is 11.5 Å². The molecule has 0 aromatic carbocycles. The lowest BCUT2D eigenvalue weighted by atomic mass is 10.4. The second-order valence-electron chi connectivity index (χ2n) is 2.86. The SMILES string of the molecule is Cc1nc(CCNc2nc(N)ns2)no1. The number of hydrogen-bond donors (Lipinski definition) is 2. The second-order valence-corrected chi connectivity index (χ2v) is 3.62. The Labute approximate surface area is 89.9 Å². The Morgan fingerprint density at radius 2 is 2.33 bits per heavy atom. The second kappa shape index (κ2) is 4.22. The highest BCUT2D eigenvalue weighted by atomic mass is 32.1. The first-order valence-corrected chi connectivity index (χ1v) is 5.13. The van der Waals surface area contributed by atoms with E-state index in [0.29, 0.717) is 29.8 Å². The molecule has 0 bridgehead atoms. The zero-order valence-corrected chi connectivity index (χ0v) is 8.91. The number of anilines is 2. The average molecular weight is 226 g/mol. The van der Waals surface area contributed by atoms with Crippen molar-refractivity contribution >= 4 is 22.6 Å². The van der Waals surface area contributed by atoms with Crippen LogP contribution in [0.15, 0.2) is 4.52 Å². The van der Waals surface area contributed by atoms with E-state index in [1.54, 1.807) is 6.92 Å². The molecule has 0 saturated carbocycles. The monoisotopic (exact) mass is 226 g/mol. The number of aromatic nitrogens is 4. The number of nitrogens with two attached hydrogens (primary N) is 1. The van der Waals surface area contributed by atoms with Crippen LogP contribution in [-0.2, 0) is 6.42 Å². The van der Waals surface area contributed by atoms with Crippen LogP contribution < -0.4 is 11.1 Å². The van der Waals surface area contributed by atoms with Gasteiger partial charge >= 0.3 is 0 Å². The molecule has 3 N–H and O–H groups in total. The van der Waals surface area contributed by atoms with Crippen LogP contribution >= 0.6 is 11.5 Å². The molecule has 2 rings (SSSR count). The minimum Gasteiger partial charge on any atom is -0.367 e. The van der Waals surface area contributed by atoms with Crippen LogP contribution in [0, 0.1) is 6.92 Å². The van der Waals surface area contributed by atoms with Crippen LogP contribution in [0.5, 0.6) is 0 Å². The lowest BCUT2D eigenvalue weighted by Gasteiger charge is -1.96. The fourth-order valence-corrected chi connectivity index (χ4v) is 1.55. The standard InChI is InChI=1S/C7H10N6OS/c1-4-10-5(12-14-4)2-3-9-7-11-6(8)13-15-7/h2-3H2,1H3,(H3,8,9,11,13). The molecule has 80 valence electrons. The quantitative estimate of drug-likeness (QED) is 0.780. The Morgan fingerprint density at radius 3 is 2.93 bits per heavy atom. The zero-order chi connectivity index (χ0) is 10.7. The highest BCUT2D eigenvalue weighted by molar-refractivity contribution is 7.09. The molecule has 7 nitrogen and oxygen atoms in total. The van der Waals surface area contributed by atoms with Gasteiger partial charge in [0.2, 0.25) is 17.0 Å². The third kappa shape index (κ3) is 2.62. The van der Waals surface area contributed by atoms with Crippen LogP contribution in [0.2, 0.25) is 0 Å². The Hall–Kier alpha value is -1.70. The third-order valence-electron chi connectivity index (χ3n) is 1.64. The van der Waals surface area contributed by atoms with Gasteiger partial charge in [-0.15, -0.1) is 0 Å². The summed E-state index contributed by atoms with van der Waals surface area (Å²) in [6, 6.07) is 0. The fraction of sp³-hybridized carbons (Fsp3) is 0.429. The maximum absolute atomic E-state index is 5.37. The van der Waals surface area contributed by atoms with E-state index in [0.717, 1.165) is 0 Å². The van der Waals surface area contributed by atoms with E-state index in [2.05, 4.69) is 24.8 Å². The van der Waals surface area contributed by atoms with E-state index >= 15 is 0 Å². The van der Waals surface area contributed by atoms with Crippen LogP contribution in [0.4, 0.5) is 11.1 Å². The summed E-state index contributed by atoms with van der Waals surface area (Å²) in [5.41, 5.74) is 5.37. The Kier molecular flexibility index (Phi) is 2.77. The van der Waals surface area contributed by atoms with Crippen molar-refractivity contribution in [2.45, 2.75) is 13.3 Å². The van der Waals surface area contributed by atoms with E-state index in [4.69, 9.17) is 10.3 Å². The van der Waals surface area contributed by atoms with E-state index in [-0.39, 0.29) is 5.95 Å². The lowest BCUT2D eigenvalue weighted by molar-refractivity contribution is 0.387. The van der Waals surface area contributed by atoms with E-state index in [9.17, 15) is 0 Å². The van der Waals surface area contributed by atoms with Gasteiger partial charge in [-0.1, -0.05) is 5.16 Å². The van der Waals surface area contributed by atoms with Gasteiger partial charge in [0.15, 0.2) is 5.82 Å². The Morgan fingerprint density at radius 1 is 1.47 bits per heavy atom. The fourth-order valence-electron chi connectivity index (χ4n) is 1.03. The highest BCUT2D eigenvalue weighted by Gasteiger charge is 2.03. The molecule has 2 aromatic heterocycles. The summed E-state index contributed by atoms with van der Waals surface area (Å²) in [4.78, 5) is 8.03. The van der Waals surface area contributed by atoms with Crippen LogP contribution in [-0.4, -0.2) is 26.0 Å². The molecule has 0 aliphatic rings. The first-order valence-electron chi connectivity index (χ1n) is 4.36. The van der Waals surface area contributed by atoms with Crippen molar-refractivity contribution in [2.75, 3.05) is 17.6 Å². The van der Waals surface area contributed by atoms with E-state index in [1.807, 2.05) is 0 Å². The molecule has 0 fully saturated rings. The molecule has 0 saturated heterocycles. The molecular formula is C7H10N6OS. The molecule has 8 heteroatoms. The summed E-state index contributed by atoms with van der Waals surface area (Å²) in [5, 5.41) is 7.54. The summed E-state index contributed by atoms with van der Waals surface area (Å²) >= 11 is 1.23. The molecule has 0 amide bonds. The molecule has 0 spiro atoms. The molecular weight excluding hydrogens is 216 g/mol. The number of nitrogens with one attached hydrogen (secondary N) is 1. The van der Waals surface area contributed by atoms with Crippen molar-refractivity contribution in [1.82, 2.24) is 19.5 Å². The summed E-state index contributed by atoms with van der Waals surface area (Å²) in [6.45, 7) is 2.43. The lowest BCUT2D eigenvalue weighted by Crippen LogP contribution is -2.05. The summed E-state index contributed by atoms with van der Waals surface area (Å²) in [5.74, 6) is 1.54. The van der Waals surface area contributed by atoms with Crippen molar-refractivity contribution in [3.05, 3.63) is 11.7 Å². The molecule has 0 atom stereocenters. The molecule has 15 heavy (non-hydrogen) atoms. The first kappa shape index (κ1) is 9.84. The maximum atomic E-state index is 5.37. The third-order valence-corrected chi connectivity index (χ3v) is 2.32. The van der Waals surface area contributed by atoms with Gasteiger partial charge in [-0.25, -0.2) is 0 Å². The van der Waals surface area contributed by atoms with Gasteiger partial charge in [-0.2, -0.15) is 14.3 Å². The van der Waals surface area contributed by atoms with Gasteiger partial charge in [0, 0.05) is 31.4 Å². The minimum atomic E-state index is 0.290. The number of nitrogens with zero attached hydrogens (tertiary/aromatic N) is 4. The van der Waals surface area contributed by atoms with Gasteiger partial charge in [0.1, 0.15) is 0 Å². The van der Waals surface area contributed by atoms with Gasteiger partial charge in [-0.05, 0) is 0 Å². The van der Waals surface area contributed by atoms with Gasteiger partial charge < -0.3 is 15.6 Å². The number of hydrogen-bond acceptors (Lipinski definition) is 8. The Balaban J connectivity index is 1.80. The van der Waals surface area contributed by atoms with Crippen molar-refractivity contribution in [3.8, 4) is 0 Å². The summed E-state index contributed by atoms with van der Waals surface area (Å²) < 4.78 is 8.68. The van der Waals surface area contributed by atoms with Crippen molar-refractivity contribution < 1.29 is 4.52 Å². The number of rotatable bonds is 4. The molecule has 0 radical (unpaired) electrons. The molecule has 0 unspecified atom stereocenters. The predicted molar refractivity (Wildman–Crippen MR) is 55.6 cm³/mol. The summed E-state index contributed by atoms with van der Waals surface area (Å²) in [6.07, 6.45) is 0.677. The zero-order valence-electron chi connectivity index (χ0n) is 8.10. The topological polar surface area (TPSA) is 103 Å². The van der Waals surface area contributed by atoms with E-state index < -0.39 is 0 Å². The molecule has 2 heterocycles. The maximum Gasteiger partial charge on any atom is 0.233 e. The predicted octanol–water partition coefficient (Wildman–Crippen LogP) is 0.466. The minimum absolute atomic E-state index is 0.290. The van der Waals surface area contributed by atoms with Crippen molar-refractivity contribution in [2.24, 2.45) is 0 Å². The Bertz CT molecular complexity index is 398. The largest absolute Gasteiger partial charge is 0.367 e. The van der Waals surface area contributed by atoms with Gasteiger partial charge in [0.05, 0.1) is 0 Å². The van der Waals surface area contributed by atoms with Gasteiger partial charge in [-0.3, -0.25) is 0 Å². The van der Waals surface area contributed by atoms with Crippen LogP contribution in [0.25, 0.3) is 0 Å². The first-order chi connectivity index (χ1) is 7.24. The smallest absolute Gasteiger partial charge is 0.233 e. The normalized spacial score (nSPS) is 10.5. The average Bonchev–Trinajstić information content (AvgIpc) is 2.76. The molecule has 0 aliphatic carbocycles. The molecule has 0 aliphatic heterocycles. The molecule has 2 aromatic rings. The van der Waals surface area contributed by atoms with Gasteiger partial charge in [0.25, 0.3) is 0 Å². The van der Waals surface area contributed by atoms with Crippen LogP contribution in [0.3, 0.4) is 0 Å².